The number of aromatic nitrogens is 5. The lowest BCUT2D eigenvalue weighted by Gasteiger charge is -2.18. The Balaban J connectivity index is 1.61. The first-order valence-corrected chi connectivity index (χ1v) is 10.7. The summed E-state index contributed by atoms with van der Waals surface area (Å²) in [5.41, 5.74) is 1.92. The number of ketones is 1. The predicted molar refractivity (Wildman–Crippen MR) is 123 cm³/mol. The molecule has 0 amide bonds. The van der Waals surface area contributed by atoms with Crippen LogP contribution in [0.5, 0.6) is 0 Å². The van der Waals surface area contributed by atoms with E-state index in [0.717, 1.165) is 17.7 Å². The van der Waals surface area contributed by atoms with E-state index in [2.05, 4.69) is 30.2 Å². The van der Waals surface area contributed by atoms with Crippen molar-refractivity contribution in [3.05, 3.63) is 77.0 Å². The van der Waals surface area contributed by atoms with Crippen molar-refractivity contribution < 1.29 is 14.3 Å². The second kappa shape index (κ2) is 9.03. The fourth-order valence-corrected chi connectivity index (χ4v) is 3.44. The minimum absolute atomic E-state index is 0.142. The first-order chi connectivity index (χ1) is 15.7. The number of hydrogen-bond donors (Lipinski definition) is 3. The van der Waals surface area contributed by atoms with Gasteiger partial charge in [0.25, 0.3) is 0 Å². The average molecular weight is 449 g/mol. The van der Waals surface area contributed by atoms with Crippen LogP contribution in [0.3, 0.4) is 0 Å². The van der Waals surface area contributed by atoms with E-state index in [9.17, 15) is 14.3 Å². The lowest BCUT2D eigenvalue weighted by atomic mass is 10.0. The smallest absolute Gasteiger partial charge is 0.224 e. The lowest BCUT2D eigenvalue weighted by molar-refractivity contribution is 0.0944. The molecule has 0 spiro atoms. The number of aliphatic hydroxyl groups is 1. The van der Waals surface area contributed by atoms with Gasteiger partial charge in [-0.2, -0.15) is 4.39 Å². The van der Waals surface area contributed by atoms with E-state index in [0.29, 0.717) is 29.0 Å². The number of hydrogen-bond acceptors (Lipinski definition) is 7. The minimum atomic E-state index is -0.990. The average Bonchev–Trinajstić information content (AvgIpc) is 3.22. The van der Waals surface area contributed by atoms with Crippen LogP contribution >= 0.6 is 0 Å². The molecule has 33 heavy (non-hydrogen) atoms. The molecule has 4 rings (SSSR count). The summed E-state index contributed by atoms with van der Waals surface area (Å²) in [6.45, 7) is 5.54. The number of halogens is 1. The summed E-state index contributed by atoms with van der Waals surface area (Å²) in [7, 11) is 0. The second-order valence-electron chi connectivity index (χ2n) is 8.47. The third-order valence-corrected chi connectivity index (χ3v) is 5.19. The van der Waals surface area contributed by atoms with Crippen LogP contribution < -0.4 is 5.32 Å². The molecule has 3 N–H and O–H groups in total. The Labute approximate surface area is 190 Å². The molecule has 4 aromatic rings. The van der Waals surface area contributed by atoms with Crippen molar-refractivity contribution in [1.29, 1.82) is 0 Å². The molecule has 4 aromatic heterocycles. The van der Waals surface area contributed by atoms with E-state index in [-0.39, 0.29) is 17.7 Å². The van der Waals surface area contributed by atoms with Crippen LogP contribution in [0.2, 0.25) is 0 Å². The summed E-state index contributed by atoms with van der Waals surface area (Å²) in [5.74, 6) is -1.000. The molecular formula is C24H25FN6O2. The normalized spacial score (nSPS) is 11.7. The number of nitrogens with zero attached hydrogens (tertiary/aromatic N) is 4. The Morgan fingerprint density at radius 2 is 1.91 bits per heavy atom. The van der Waals surface area contributed by atoms with Crippen molar-refractivity contribution in [2.24, 2.45) is 0 Å². The summed E-state index contributed by atoms with van der Waals surface area (Å²) < 4.78 is 14.9. The van der Waals surface area contributed by atoms with Gasteiger partial charge in [0.1, 0.15) is 17.8 Å². The number of aromatic amines is 1. The van der Waals surface area contributed by atoms with E-state index < -0.39 is 17.3 Å². The Kier molecular flexibility index (Phi) is 6.15. The van der Waals surface area contributed by atoms with Crippen molar-refractivity contribution in [2.45, 2.75) is 39.2 Å². The van der Waals surface area contributed by atoms with Crippen LogP contribution in [0, 0.1) is 5.95 Å². The largest absolute Gasteiger partial charge is 0.389 e. The summed E-state index contributed by atoms with van der Waals surface area (Å²) >= 11 is 0. The number of anilines is 1. The molecule has 0 saturated carbocycles. The fourth-order valence-electron chi connectivity index (χ4n) is 3.44. The molecule has 0 atom stereocenters. The van der Waals surface area contributed by atoms with Crippen LogP contribution in [0.25, 0.3) is 11.0 Å². The Bertz CT molecular complexity index is 1290. The van der Waals surface area contributed by atoms with Crippen molar-refractivity contribution >= 4 is 22.6 Å². The van der Waals surface area contributed by atoms with Crippen molar-refractivity contribution in [3.8, 4) is 0 Å². The Hall–Kier alpha value is -3.72. The zero-order valence-corrected chi connectivity index (χ0v) is 18.7. The van der Waals surface area contributed by atoms with Crippen LogP contribution in [-0.2, 0) is 12.8 Å². The van der Waals surface area contributed by atoms with E-state index in [1.165, 1.54) is 18.6 Å². The zero-order valence-electron chi connectivity index (χ0n) is 18.7. The summed E-state index contributed by atoms with van der Waals surface area (Å²) in [6, 6.07) is 6.97. The third-order valence-electron chi connectivity index (χ3n) is 5.19. The number of H-pyrrole nitrogens is 1. The molecule has 0 unspecified atom stereocenters. The van der Waals surface area contributed by atoms with Gasteiger partial charge in [-0.05, 0) is 44.0 Å². The highest BCUT2D eigenvalue weighted by Crippen LogP contribution is 2.26. The van der Waals surface area contributed by atoms with Crippen LogP contribution in [0.1, 0.15) is 53.6 Å². The topological polar surface area (TPSA) is 117 Å². The van der Waals surface area contributed by atoms with Gasteiger partial charge in [0, 0.05) is 36.7 Å². The molecule has 0 radical (unpaired) electrons. The molecule has 0 saturated heterocycles. The van der Waals surface area contributed by atoms with Gasteiger partial charge in [-0.1, -0.05) is 13.0 Å². The van der Waals surface area contributed by atoms with Crippen LogP contribution in [0.15, 0.2) is 43.0 Å². The molecule has 0 fully saturated rings. The van der Waals surface area contributed by atoms with Crippen LogP contribution in [-0.4, -0.2) is 48.0 Å². The van der Waals surface area contributed by atoms with Gasteiger partial charge in [-0.3, -0.25) is 9.78 Å². The lowest BCUT2D eigenvalue weighted by Crippen LogP contribution is -2.29. The molecule has 0 bridgehead atoms. The highest BCUT2D eigenvalue weighted by Gasteiger charge is 2.23. The van der Waals surface area contributed by atoms with E-state index >= 15 is 0 Å². The van der Waals surface area contributed by atoms with Gasteiger partial charge in [0.15, 0.2) is 5.78 Å². The monoisotopic (exact) mass is 448 g/mol. The van der Waals surface area contributed by atoms with E-state index in [1.807, 2.05) is 19.1 Å². The first-order valence-electron chi connectivity index (χ1n) is 10.7. The Morgan fingerprint density at radius 1 is 1.12 bits per heavy atom. The number of rotatable bonds is 8. The molecule has 0 aliphatic rings. The first kappa shape index (κ1) is 22.5. The highest BCUT2D eigenvalue weighted by molar-refractivity contribution is 6.18. The number of carbonyl (C=O) groups excluding carboxylic acids is 1. The summed E-state index contributed by atoms with van der Waals surface area (Å²) in [6.07, 6.45) is 5.83. The second-order valence-corrected chi connectivity index (χ2v) is 8.47. The number of fused-ring (bicyclic) bond motifs is 1. The zero-order chi connectivity index (χ0) is 23.6. The fraction of sp³-hybridized carbons (Fsp3) is 0.292. The van der Waals surface area contributed by atoms with E-state index in [4.69, 9.17) is 0 Å². The highest BCUT2D eigenvalue weighted by atomic mass is 19.1. The SMILES string of the molecule is CCc1ccc(Cc2ccc(C(=O)c3c[nH]c4ncnc(NCC(C)(C)O)c34)c(F)n2)cn1. The number of carbonyl (C=O) groups is 1. The van der Waals surface area contributed by atoms with Gasteiger partial charge in [-0.15, -0.1) is 0 Å². The number of nitrogens with one attached hydrogen (secondary N) is 2. The van der Waals surface area contributed by atoms with Gasteiger partial charge in [-0.25, -0.2) is 15.0 Å². The minimum Gasteiger partial charge on any atom is -0.389 e. The van der Waals surface area contributed by atoms with Crippen LogP contribution in [0.4, 0.5) is 10.2 Å². The van der Waals surface area contributed by atoms with Gasteiger partial charge in [0.05, 0.1) is 22.1 Å². The molecular weight excluding hydrogens is 423 g/mol. The van der Waals surface area contributed by atoms with Crippen molar-refractivity contribution in [3.63, 3.8) is 0 Å². The molecule has 0 aromatic carbocycles. The van der Waals surface area contributed by atoms with Crippen molar-refractivity contribution in [2.75, 3.05) is 11.9 Å². The van der Waals surface area contributed by atoms with Gasteiger partial charge in [0.2, 0.25) is 5.95 Å². The Morgan fingerprint density at radius 3 is 2.58 bits per heavy atom. The maximum Gasteiger partial charge on any atom is 0.224 e. The number of pyridine rings is 2. The molecule has 0 aliphatic heterocycles. The van der Waals surface area contributed by atoms with Crippen molar-refractivity contribution in [1.82, 2.24) is 24.9 Å². The third kappa shape index (κ3) is 5.04. The quantitative estimate of drug-likeness (QED) is 0.279. The van der Waals surface area contributed by atoms with E-state index in [1.54, 1.807) is 26.1 Å². The number of aryl methyl sites for hydroxylation is 1. The predicted octanol–water partition coefficient (Wildman–Crippen LogP) is 3.45. The molecule has 0 aliphatic carbocycles. The summed E-state index contributed by atoms with van der Waals surface area (Å²) in [5, 5.41) is 13.5. The van der Waals surface area contributed by atoms with Gasteiger partial charge < -0.3 is 15.4 Å². The summed E-state index contributed by atoms with van der Waals surface area (Å²) in [4.78, 5) is 32.8. The molecule has 8 nitrogen and oxygen atoms in total. The van der Waals surface area contributed by atoms with Gasteiger partial charge >= 0.3 is 0 Å². The standard InChI is InChI=1S/C24H25FN6O2/c1-4-15-6-5-14(10-26-15)9-16-7-8-17(21(25)31-16)20(32)18-11-27-22-19(18)23(30-13-29-22)28-12-24(2,3)33/h5-8,10-11,13,33H,4,9,12H2,1-3H3,(H2,27,28,29,30). The molecule has 4 heterocycles. The molecule has 170 valence electrons. The maximum atomic E-state index is 14.9. The molecule has 9 heteroatoms. The maximum absolute atomic E-state index is 14.9.